The molecule has 18 heavy (non-hydrogen) atoms. The molecule has 0 bridgehead atoms. The summed E-state index contributed by atoms with van der Waals surface area (Å²) in [7, 11) is 0. The van der Waals surface area contributed by atoms with Gasteiger partial charge in [-0.1, -0.05) is 25.1 Å². The van der Waals surface area contributed by atoms with Gasteiger partial charge in [-0.05, 0) is 43.0 Å². The van der Waals surface area contributed by atoms with Gasteiger partial charge in [0.2, 0.25) is 0 Å². The van der Waals surface area contributed by atoms with Gasteiger partial charge < -0.3 is 0 Å². The summed E-state index contributed by atoms with van der Waals surface area (Å²) in [6, 6.07) is 8.23. The highest BCUT2D eigenvalue weighted by atomic mass is 15.4. The average Bonchev–Trinajstić information content (AvgIpc) is 2.76. The van der Waals surface area contributed by atoms with Crippen LogP contribution in [0.4, 0.5) is 0 Å². The lowest BCUT2D eigenvalue weighted by Crippen LogP contribution is -2.05. The predicted octanol–water partition coefficient (Wildman–Crippen LogP) is 2.88. The summed E-state index contributed by atoms with van der Waals surface area (Å²) >= 11 is 0. The van der Waals surface area contributed by atoms with Crippen molar-refractivity contribution in [1.29, 1.82) is 5.26 Å². The van der Waals surface area contributed by atoms with Crippen LogP contribution in [0, 0.1) is 25.2 Å². The van der Waals surface area contributed by atoms with E-state index < -0.39 is 0 Å². The lowest BCUT2D eigenvalue weighted by Gasteiger charge is -2.10. The fraction of sp³-hybridized carbons (Fsp3) is 0.357. The van der Waals surface area contributed by atoms with Crippen LogP contribution in [0.3, 0.4) is 0 Å². The molecule has 0 spiro atoms. The van der Waals surface area contributed by atoms with E-state index >= 15 is 0 Å². The molecular formula is C14H16N4. The van der Waals surface area contributed by atoms with E-state index in [-0.39, 0.29) is 5.92 Å². The van der Waals surface area contributed by atoms with Gasteiger partial charge in [-0.3, -0.25) is 0 Å². The average molecular weight is 240 g/mol. The van der Waals surface area contributed by atoms with Crippen molar-refractivity contribution < 1.29 is 0 Å². The summed E-state index contributed by atoms with van der Waals surface area (Å²) in [6.45, 7) is 8.22. The van der Waals surface area contributed by atoms with Crippen molar-refractivity contribution in [3.63, 3.8) is 0 Å². The molecule has 0 N–H and O–H groups in total. The molecule has 0 unspecified atom stereocenters. The van der Waals surface area contributed by atoms with Gasteiger partial charge in [0, 0.05) is 0 Å². The van der Waals surface area contributed by atoms with Gasteiger partial charge in [0.1, 0.15) is 6.07 Å². The maximum atomic E-state index is 9.06. The molecule has 4 heteroatoms. The summed E-state index contributed by atoms with van der Waals surface area (Å²) in [5.74, 6) is 0.205. The third-order valence-corrected chi connectivity index (χ3v) is 3.09. The Balaban J connectivity index is 2.61. The minimum absolute atomic E-state index is 0.205. The number of rotatable bonds is 2. The first-order chi connectivity index (χ1) is 8.54. The molecule has 0 aliphatic rings. The van der Waals surface area contributed by atoms with E-state index in [2.05, 4.69) is 42.4 Å². The van der Waals surface area contributed by atoms with Crippen molar-refractivity contribution in [2.75, 3.05) is 0 Å². The molecule has 4 nitrogen and oxygen atoms in total. The van der Waals surface area contributed by atoms with E-state index in [0.29, 0.717) is 5.69 Å². The second-order valence-electron chi connectivity index (χ2n) is 4.77. The summed E-state index contributed by atoms with van der Waals surface area (Å²) < 4.78 is 1.76. The molecule has 0 fully saturated rings. The van der Waals surface area contributed by atoms with Gasteiger partial charge in [0.15, 0.2) is 5.69 Å². The van der Waals surface area contributed by atoms with Crippen molar-refractivity contribution in [2.24, 2.45) is 0 Å². The molecule has 1 aromatic heterocycles. The Morgan fingerprint density at radius 2 is 1.94 bits per heavy atom. The van der Waals surface area contributed by atoms with E-state index in [1.165, 1.54) is 11.1 Å². The van der Waals surface area contributed by atoms with Crippen molar-refractivity contribution >= 4 is 0 Å². The fourth-order valence-electron chi connectivity index (χ4n) is 1.93. The minimum atomic E-state index is 0.205. The Labute approximate surface area is 107 Å². The maximum absolute atomic E-state index is 9.06. The van der Waals surface area contributed by atoms with Gasteiger partial charge in [0.05, 0.1) is 11.4 Å². The second kappa shape index (κ2) is 4.61. The molecule has 1 aromatic carbocycles. The third-order valence-electron chi connectivity index (χ3n) is 3.09. The number of hydrogen-bond donors (Lipinski definition) is 0. The standard InChI is InChI=1S/C14H16N4/c1-9(2)14-13(8-15)16-17-18(14)12-6-5-10(3)11(4)7-12/h5-7,9H,1-4H3. The van der Waals surface area contributed by atoms with Crippen LogP contribution in [0.5, 0.6) is 0 Å². The summed E-state index contributed by atoms with van der Waals surface area (Å²) in [5, 5.41) is 17.1. The van der Waals surface area contributed by atoms with Crippen LogP contribution >= 0.6 is 0 Å². The lowest BCUT2D eigenvalue weighted by molar-refractivity contribution is 0.715. The first kappa shape index (κ1) is 12.3. The quantitative estimate of drug-likeness (QED) is 0.811. The molecule has 0 saturated heterocycles. The van der Waals surface area contributed by atoms with Crippen molar-refractivity contribution in [1.82, 2.24) is 15.0 Å². The number of hydrogen-bond acceptors (Lipinski definition) is 3. The Morgan fingerprint density at radius 3 is 2.50 bits per heavy atom. The summed E-state index contributed by atoms with van der Waals surface area (Å²) in [6.07, 6.45) is 0. The van der Waals surface area contributed by atoms with Crippen LogP contribution in [0.25, 0.3) is 5.69 Å². The normalized spacial score (nSPS) is 10.7. The van der Waals surface area contributed by atoms with Crippen molar-refractivity contribution in [3.05, 3.63) is 40.7 Å². The van der Waals surface area contributed by atoms with Crippen molar-refractivity contribution in [3.8, 4) is 11.8 Å². The number of nitrogens with zero attached hydrogens (tertiary/aromatic N) is 4. The van der Waals surface area contributed by atoms with E-state index in [9.17, 15) is 0 Å². The van der Waals surface area contributed by atoms with E-state index in [4.69, 9.17) is 5.26 Å². The van der Waals surface area contributed by atoms with Crippen LogP contribution < -0.4 is 0 Å². The molecule has 0 radical (unpaired) electrons. The molecule has 92 valence electrons. The molecule has 2 rings (SSSR count). The third kappa shape index (κ3) is 2.00. The van der Waals surface area contributed by atoms with E-state index in [1.807, 2.05) is 19.9 Å². The SMILES string of the molecule is Cc1ccc(-n2nnc(C#N)c2C(C)C)cc1C. The first-order valence-corrected chi connectivity index (χ1v) is 5.98. The second-order valence-corrected chi connectivity index (χ2v) is 4.77. The van der Waals surface area contributed by atoms with Crippen LogP contribution in [0.2, 0.25) is 0 Å². The number of benzene rings is 1. The van der Waals surface area contributed by atoms with Gasteiger partial charge in [0.25, 0.3) is 0 Å². The van der Waals surface area contributed by atoms with Crippen LogP contribution in [-0.4, -0.2) is 15.0 Å². The van der Waals surface area contributed by atoms with Crippen LogP contribution in [0.1, 0.15) is 42.3 Å². The Kier molecular flexibility index (Phi) is 3.15. The fourth-order valence-corrected chi connectivity index (χ4v) is 1.93. The monoisotopic (exact) mass is 240 g/mol. The molecule has 2 aromatic rings. The smallest absolute Gasteiger partial charge is 0.186 e. The molecular weight excluding hydrogens is 224 g/mol. The van der Waals surface area contributed by atoms with Crippen LogP contribution in [0.15, 0.2) is 18.2 Å². The zero-order chi connectivity index (χ0) is 13.3. The largest absolute Gasteiger partial charge is 0.216 e. The van der Waals surface area contributed by atoms with Gasteiger partial charge in [-0.15, -0.1) is 5.10 Å². The molecule has 0 aliphatic carbocycles. The summed E-state index contributed by atoms with van der Waals surface area (Å²) in [5.41, 5.74) is 4.67. The number of nitriles is 1. The number of aromatic nitrogens is 3. The van der Waals surface area contributed by atoms with Gasteiger partial charge >= 0.3 is 0 Å². The molecule has 0 atom stereocenters. The van der Waals surface area contributed by atoms with Gasteiger partial charge in [-0.2, -0.15) is 5.26 Å². The Morgan fingerprint density at radius 1 is 1.22 bits per heavy atom. The highest BCUT2D eigenvalue weighted by molar-refractivity contribution is 5.42. The molecule has 0 aliphatic heterocycles. The highest BCUT2D eigenvalue weighted by Crippen LogP contribution is 2.22. The summed E-state index contributed by atoms with van der Waals surface area (Å²) in [4.78, 5) is 0. The van der Waals surface area contributed by atoms with E-state index in [0.717, 1.165) is 11.4 Å². The minimum Gasteiger partial charge on any atom is -0.216 e. The Hall–Kier alpha value is -2.15. The van der Waals surface area contributed by atoms with Crippen LogP contribution in [-0.2, 0) is 0 Å². The molecule has 0 saturated carbocycles. The zero-order valence-electron chi connectivity index (χ0n) is 11.1. The Bertz CT molecular complexity index is 617. The molecule has 0 amide bonds. The maximum Gasteiger partial charge on any atom is 0.186 e. The lowest BCUT2D eigenvalue weighted by atomic mass is 10.1. The topological polar surface area (TPSA) is 54.5 Å². The number of aryl methyl sites for hydroxylation is 2. The van der Waals surface area contributed by atoms with E-state index in [1.54, 1.807) is 4.68 Å². The molecule has 1 heterocycles. The zero-order valence-corrected chi connectivity index (χ0v) is 11.1. The predicted molar refractivity (Wildman–Crippen MR) is 69.6 cm³/mol. The van der Waals surface area contributed by atoms with Gasteiger partial charge in [-0.25, -0.2) is 4.68 Å². The highest BCUT2D eigenvalue weighted by Gasteiger charge is 2.17. The first-order valence-electron chi connectivity index (χ1n) is 5.98. The van der Waals surface area contributed by atoms with Crippen molar-refractivity contribution in [2.45, 2.75) is 33.6 Å².